The normalized spacial score (nSPS) is 11.8. The van der Waals surface area contributed by atoms with Gasteiger partial charge in [-0.1, -0.05) is 6.08 Å². The van der Waals surface area contributed by atoms with Crippen molar-refractivity contribution in [2.45, 2.75) is 38.9 Å². The average Bonchev–Trinajstić information content (AvgIpc) is 2.79. The SMILES string of the molecule is C=CCNC(=NCc1nnc(C)n1C)NCCCCC(F)(F)F.I. The van der Waals surface area contributed by atoms with Crippen LogP contribution in [0.5, 0.6) is 0 Å². The highest BCUT2D eigenvalue weighted by Crippen LogP contribution is 2.21. The predicted molar refractivity (Wildman–Crippen MR) is 98.4 cm³/mol. The van der Waals surface area contributed by atoms with E-state index >= 15 is 0 Å². The van der Waals surface area contributed by atoms with Crippen molar-refractivity contribution in [2.75, 3.05) is 13.1 Å². The quantitative estimate of drug-likeness (QED) is 0.206. The van der Waals surface area contributed by atoms with Crippen molar-refractivity contribution >= 4 is 29.9 Å². The first-order valence-electron chi connectivity index (χ1n) is 7.38. The van der Waals surface area contributed by atoms with Gasteiger partial charge in [-0.25, -0.2) is 4.99 Å². The second-order valence-electron chi connectivity index (χ2n) is 5.06. The lowest BCUT2D eigenvalue weighted by molar-refractivity contribution is -0.135. The molecule has 0 aliphatic rings. The van der Waals surface area contributed by atoms with E-state index in [1.807, 2.05) is 18.5 Å². The second-order valence-corrected chi connectivity index (χ2v) is 5.06. The minimum absolute atomic E-state index is 0. The van der Waals surface area contributed by atoms with Crippen LogP contribution in [0.15, 0.2) is 17.6 Å². The van der Waals surface area contributed by atoms with Gasteiger partial charge in [-0.3, -0.25) is 0 Å². The topological polar surface area (TPSA) is 67.1 Å². The number of aliphatic imine (C=N–C) groups is 1. The zero-order valence-electron chi connectivity index (χ0n) is 13.9. The third-order valence-corrected chi connectivity index (χ3v) is 3.15. The fraction of sp³-hybridized carbons (Fsp3) is 0.643. The largest absolute Gasteiger partial charge is 0.389 e. The number of aryl methyl sites for hydroxylation is 1. The molecule has 2 N–H and O–H groups in total. The van der Waals surface area contributed by atoms with Gasteiger partial charge in [0, 0.05) is 26.6 Å². The van der Waals surface area contributed by atoms with Crippen LogP contribution in [0.25, 0.3) is 0 Å². The van der Waals surface area contributed by atoms with E-state index in [1.165, 1.54) is 0 Å². The molecule has 1 aromatic heterocycles. The molecule has 0 spiro atoms. The molecular weight excluding hydrogens is 436 g/mol. The molecule has 0 fully saturated rings. The number of nitrogens with one attached hydrogen (secondary N) is 2. The van der Waals surface area contributed by atoms with Gasteiger partial charge >= 0.3 is 6.18 Å². The molecule has 0 amide bonds. The number of rotatable bonds is 8. The van der Waals surface area contributed by atoms with Crippen LogP contribution in [-0.4, -0.2) is 40.0 Å². The zero-order valence-corrected chi connectivity index (χ0v) is 16.2. The smallest absolute Gasteiger partial charge is 0.356 e. The van der Waals surface area contributed by atoms with Crippen LogP contribution in [0.1, 0.15) is 30.9 Å². The summed E-state index contributed by atoms with van der Waals surface area (Å²) in [7, 11) is 1.85. The van der Waals surface area contributed by atoms with Crippen LogP contribution in [-0.2, 0) is 13.6 Å². The molecule has 1 aromatic rings. The molecule has 0 saturated carbocycles. The molecule has 0 radical (unpaired) electrons. The highest BCUT2D eigenvalue weighted by molar-refractivity contribution is 14.0. The Kier molecular flexibility index (Phi) is 10.6. The number of hydrogen-bond donors (Lipinski definition) is 2. The van der Waals surface area contributed by atoms with Gasteiger partial charge in [0.15, 0.2) is 11.8 Å². The summed E-state index contributed by atoms with van der Waals surface area (Å²) in [5.41, 5.74) is 0. The molecule has 24 heavy (non-hydrogen) atoms. The Labute approximate surface area is 157 Å². The number of unbranched alkanes of at least 4 members (excludes halogenated alkanes) is 1. The molecule has 0 unspecified atom stereocenters. The first-order valence-corrected chi connectivity index (χ1v) is 7.38. The van der Waals surface area contributed by atoms with Crippen LogP contribution in [0.2, 0.25) is 0 Å². The standard InChI is InChI=1S/C14H23F3N6.HI/c1-4-8-18-13(19-9-6-5-7-14(15,16)17)20-10-12-22-21-11(2)23(12)3;/h4H,1,5-10H2,2-3H3,(H2,18,19,20);1H. The summed E-state index contributed by atoms with van der Waals surface area (Å²) in [6.07, 6.45) is -2.68. The Hall–Kier alpha value is -1.33. The van der Waals surface area contributed by atoms with Gasteiger partial charge in [-0.05, 0) is 19.8 Å². The third-order valence-electron chi connectivity index (χ3n) is 3.15. The van der Waals surface area contributed by atoms with E-state index in [4.69, 9.17) is 0 Å². The number of aromatic nitrogens is 3. The maximum atomic E-state index is 12.1. The number of guanidine groups is 1. The molecule has 1 rings (SSSR count). The third kappa shape index (κ3) is 9.08. The minimum Gasteiger partial charge on any atom is -0.356 e. The van der Waals surface area contributed by atoms with Crippen LogP contribution in [0, 0.1) is 6.92 Å². The lowest BCUT2D eigenvalue weighted by Gasteiger charge is -2.11. The molecule has 0 aromatic carbocycles. The van der Waals surface area contributed by atoms with E-state index in [0.29, 0.717) is 37.8 Å². The fourth-order valence-corrected chi connectivity index (χ4v) is 1.74. The van der Waals surface area contributed by atoms with Crippen molar-refractivity contribution in [3.8, 4) is 0 Å². The maximum absolute atomic E-state index is 12.1. The molecule has 6 nitrogen and oxygen atoms in total. The zero-order chi connectivity index (χ0) is 17.3. The van der Waals surface area contributed by atoms with Gasteiger partial charge in [-0.2, -0.15) is 13.2 Å². The minimum atomic E-state index is -4.10. The lowest BCUT2D eigenvalue weighted by Crippen LogP contribution is -2.38. The Balaban J connectivity index is 0.00000529. The van der Waals surface area contributed by atoms with Crippen molar-refractivity contribution in [2.24, 2.45) is 12.0 Å². The van der Waals surface area contributed by atoms with Crippen LogP contribution < -0.4 is 10.6 Å². The highest BCUT2D eigenvalue weighted by atomic mass is 127. The van der Waals surface area contributed by atoms with Crippen LogP contribution >= 0.6 is 24.0 Å². The molecule has 0 aliphatic carbocycles. The van der Waals surface area contributed by atoms with E-state index in [1.54, 1.807) is 6.08 Å². The first kappa shape index (κ1) is 22.7. The van der Waals surface area contributed by atoms with Crippen LogP contribution in [0.4, 0.5) is 13.2 Å². The monoisotopic (exact) mass is 460 g/mol. The van der Waals surface area contributed by atoms with E-state index in [2.05, 4.69) is 32.4 Å². The molecule has 138 valence electrons. The van der Waals surface area contributed by atoms with Crippen molar-refractivity contribution in [3.63, 3.8) is 0 Å². The Bertz CT molecular complexity index is 527. The highest BCUT2D eigenvalue weighted by Gasteiger charge is 2.25. The van der Waals surface area contributed by atoms with E-state index < -0.39 is 12.6 Å². The fourth-order valence-electron chi connectivity index (χ4n) is 1.74. The van der Waals surface area contributed by atoms with Crippen molar-refractivity contribution in [1.82, 2.24) is 25.4 Å². The summed E-state index contributed by atoms with van der Waals surface area (Å²) < 4.78 is 38.1. The predicted octanol–water partition coefficient (Wildman–Crippen LogP) is 2.70. The number of halogens is 4. The molecule has 1 heterocycles. The molecule has 0 aliphatic heterocycles. The van der Waals surface area contributed by atoms with Gasteiger partial charge in [0.2, 0.25) is 0 Å². The summed E-state index contributed by atoms with van der Waals surface area (Å²) in [5, 5.41) is 14.0. The lowest BCUT2D eigenvalue weighted by atomic mass is 10.2. The molecule has 0 atom stereocenters. The average molecular weight is 460 g/mol. The van der Waals surface area contributed by atoms with Gasteiger partial charge in [0.25, 0.3) is 0 Å². The Morgan fingerprint density at radius 3 is 2.54 bits per heavy atom. The molecule has 10 heteroatoms. The first-order chi connectivity index (χ1) is 10.8. The molecule has 0 bridgehead atoms. The number of hydrogen-bond acceptors (Lipinski definition) is 3. The van der Waals surface area contributed by atoms with Gasteiger partial charge in [-0.15, -0.1) is 40.8 Å². The molecular formula is C14H24F3IN6. The van der Waals surface area contributed by atoms with Gasteiger partial charge < -0.3 is 15.2 Å². The summed E-state index contributed by atoms with van der Waals surface area (Å²) in [6, 6.07) is 0. The van der Waals surface area contributed by atoms with E-state index in [0.717, 1.165) is 5.82 Å². The van der Waals surface area contributed by atoms with E-state index in [9.17, 15) is 13.2 Å². The van der Waals surface area contributed by atoms with Gasteiger partial charge in [0.1, 0.15) is 12.4 Å². The Morgan fingerprint density at radius 1 is 1.29 bits per heavy atom. The maximum Gasteiger partial charge on any atom is 0.389 e. The van der Waals surface area contributed by atoms with Crippen LogP contribution in [0.3, 0.4) is 0 Å². The number of nitrogens with zero attached hydrogens (tertiary/aromatic N) is 4. The molecule has 0 saturated heterocycles. The van der Waals surface area contributed by atoms with Crippen molar-refractivity contribution in [1.29, 1.82) is 0 Å². The second kappa shape index (κ2) is 11.3. The summed E-state index contributed by atoms with van der Waals surface area (Å²) in [5.74, 6) is 2.01. The van der Waals surface area contributed by atoms with Gasteiger partial charge in [0.05, 0.1) is 0 Å². The summed E-state index contributed by atoms with van der Waals surface area (Å²) >= 11 is 0. The van der Waals surface area contributed by atoms with Crippen molar-refractivity contribution in [3.05, 3.63) is 24.3 Å². The summed E-state index contributed by atoms with van der Waals surface area (Å²) in [6.45, 7) is 6.70. The van der Waals surface area contributed by atoms with E-state index in [-0.39, 0.29) is 30.4 Å². The Morgan fingerprint density at radius 2 is 2.00 bits per heavy atom. The van der Waals surface area contributed by atoms with Crippen molar-refractivity contribution < 1.29 is 13.2 Å². The number of alkyl halides is 3. The summed E-state index contributed by atoms with van der Waals surface area (Å²) in [4.78, 5) is 4.35.